The lowest BCUT2D eigenvalue weighted by Gasteiger charge is -2.46. The van der Waals surface area contributed by atoms with Crippen LogP contribution >= 0.6 is 0 Å². The normalized spacial score (nSPS) is 21.1. The van der Waals surface area contributed by atoms with Crippen molar-refractivity contribution < 1.29 is 43.2 Å². The number of carbonyl (C=O) groups excluding carboxylic acids is 4. The first-order valence-corrected chi connectivity index (χ1v) is 21.4. The van der Waals surface area contributed by atoms with Crippen molar-refractivity contribution in [2.24, 2.45) is 0 Å². The third kappa shape index (κ3) is 17.2. The number of carbonyl (C=O) groups is 4. The molecule has 312 valence electrons. The number of ether oxygens (including phenoxy) is 4. The van der Waals surface area contributed by atoms with E-state index < -0.39 is 54.6 Å². The number of amides is 3. The number of hydrogen-bond donors (Lipinski definition) is 3. The molecule has 55 heavy (non-hydrogen) atoms. The maximum absolute atomic E-state index is 13.6. The fourth-order valence-corrected chi connectivity index (χ4v) is 7.38. The molecule has 2 saturated heterocycles. The molecule has 0 radical (unpaired) electrons. The van der Waals surface area contributed by atoms with Gasteiger partial charge in [0.1, 0.15) is 30.9 Å². The van der Waals surface area contributed by atoms with Crippen molar-refractivity contribution in [1.82, 2.24) is 15.5 Å². The standard InChI is InChI=1S/C43H71N3O9/c1-4-6-8-10-12-14-16-18-20-25-29-44-41(50)35(45-37(48)28-24-19-17-15-13-11-9-7-5-2)31-53-42-40(55-33(3)47)39(52-30-34-26-22-21-23-27-34)38(49)36-32-54-43(51)46(36)42/h21-23,26-27,35-36,38-40,42,49H,4-20,24-25,28-32H2,1-3H3,(H,44,50)(H,45,48)/t35-,36?,38+,39?,40?,42+/m0/s1. The highest BCUT2D eigenvalue weighted by atomic mass is 16.6. The molecule has 0 aliphatic carbocycles. The summed E-state index contributed by atoms with van der Waals surface area (Å²) >= 11 is 0. The number of esters is 1. The minimum absolute atomic E-state index is 0.105. The van der Waals surface area contributed by atoms with E-state index in [1.165, 1.54) is 88.9 Å². The van der Waals surface area contributed by atoms with Gasteiger partial charge in [0, 0.05) is 19.9 Å². The molecule has 0 saturated carbocycles. The van der Waals surface area contributed by atoms with Crippen molar-refractivity contribution >= 4 is 23.9 Å². The van der Waals surface area contributed by atoms with Crippen molar-refractivity contribution in [2.75, 3.05) is 19.8 Å². The van der Waals surface area contributed by atoms with E-state index >= 15 is 0 Å². The van der Waals surface area contributed by atoms with Gasteiger partial charge in [0.2, 0.25) is 11.8 Å². The van der Waals surface area contributed by atoms with E-state index in [9.17, 15) is 24.3 Å². The fourth-order valence-electron chi connectivity index (χ4n) is 7.38. The predicted octanol–water partition coefficient (Wildman–Crippen LogP) is 7.48. The molecule has 2 aliphatic heterocycles. The van der Waals surface area contributed by atoms with Crippen LogP contribution in [-0.2, 0) is 39.9 Å². The molecule has 1 aromatic carbocycles. The van der Waals surface area contributed by atoms with Gasteiger partial charge in [0.05, 0.1) is 13.2 Å². The van der Waals surface area contributed by atoms with Crippen LogP contribution in [0, 0.1) is 0 Å². The number of rotatable bonds is 30. The molecule has 3 N–H and O–H groups in total. The van der Waals surface area contributed by atoms with Crippen LogP contribution in [0.15, 0.2) is 30.3 Å². The fraction of sp³-hybridized carbons (Fsp3) is 0.767. The number of nitrogens with one attached hydrogen (secondary N) is 2. The summed E-state index contributed by atoms with van der Waals surface area (Å²) in [6.45, 7) is 5.80. The van der Waals surface area contributed by atoms with Crippen molar-refractivity contribution in [1.29, 1.82) is 0 Å². The molecule has 3 rings (SSSR count). The number of aliphatic hydroxyl groups excluding tert-OH is 1. The van der Waals surface area contributed by atoms with Crippen molar-refractivity contribution in [3.8, 4) is 0 Å². The molecule has 12 nitrogen and oxygen atoms in total. The van der Waals surface area contributed by atoms with Gasteiger partial charge in [-0.3, -0.25) is 19.3 Å². The summed E-state index contributed by atoms with van der Waals surface area (Å²) in [6, 6.07) is 7.44. The zero-order chi connectivity index (χ0) is 39.7. The van der Waals surface area contributed by atoms with Gasteiger partial charge in [0.15, 0.2) is 12.3 Å². The molecule has 2 fully saturated rings. The Morgan fingerprint density at radius 3 is 1.95 bits per heavy atom. The predicted molar refractivity (Wildman–Crippen MR) is 212 cm³/mol. The smallest absolute Gasteiger partial charge is 0.412 e. The van der Waals surface area contributed by atoms with Gasteiger partial charge in [-0.2, -0.15) is 0 Å². The maximum Gasteiger partial charge on any atom is 0.412 e. The Labute approximate surface area is 330 Å². The number of benzene rings is 1. The molecule has 6 atom stereocenters. The molecular weight excluding hydrogens is 702 g/mol. The molecule has 0 spiro atoms. The van der Waals surface area contributed by atoms with Crippen molar-refractivity contribution in [2.45, 2.75) is 192 Å². The molecular formula is C43H71N3O9. The zero-order valence-corrected chi connectivity index (χ0v) is 34.0. The summed E-state index contributed by atoms with van der Waals surface area (Å²) < 4.78 is 23.4. The van der Waals surface area contributed by atoms with E-state index in [-0.39, 0.29) is 32.1 Å². The highest BCUT2D eigenvalue weighted by Gasteiger charge is 2.57. The van der Waals surface area contributed by atoms with Gasteiger partial charge in [-0.25, -0.2) is 4.79 Å². The van der Waals surface area contributed by atoms with Gasteiger partial charge < -0.3 is 34.7 Å². The van der Waals surface area contributed by atoms with Gasteiger partial charge >= 0.3 is 12.1 Å². The summed E-state index contributed by atoms with van der Waals surface area (Å²) in [4.78, 5) is 53.4. The summed E-state index contributed by atoms with van der Waals surface area (Å²) in [5.74, 6) is -1.32. The quantitative estimate of drug-likeness (QED) is 0.0534. The lowest BCUT2D eigenvalue weighted by molar-refractivity contribution is -0.238. The number of piperidine rings is 1. The van der Waals surface area contributed by atoms with E-state index in [1.807, 2.05) is 30.3 Å². The van der Waals surface area contributed by atoms with Gasteiger partial charge in [-0.15, -0.1) is 0 Å². The van der Waals surface area contributed by atoms with Gasteiger partial charge in [-0.05, 0) is 18.4 Å². The topological polar surface area (TPSA) is 153 Å². The van der Waals surface area contributed by atoms with Gasteiger partial charge in [-0.1, -0.05) is 153 Å². The average Bonchev–Trinajstić information content (AvgIpc) is 3.56. The SMILES string of the molecule is CCCCCCCCCCCCNC(=O)[C@H](CO[C@@H]1C(OC(C)=O)C(OCc2ccccc2)[C@H](O)C2COC(=O)N21)NC(=O)CCCCCCCCCCC. The Balaban J connectivity index is 1.63. The molecule has 2 aliphatic rings. The molecule has 12 heteroatoms. The summed E-state index contributed by atoms with van der Waals surface area (Å²) in [5.41, 5.74) is 0.837. The minimum Gasteiger partial charge on any atom is -0.455 e. The highest BCUT2D eigenvalue weighted by molar-refractivity contribution is 5.87. The summed E-state index contributed by atoms with van der Waals surface area (Å²) in [6.07, 6.45) is 16.6. The van der Waals surface area contributed by atoms with E-state index in [0.717, 1.165) is 44.1 Å². The first-order chi connectivity index (χ1) is 26.8. The first-order valence-electron chi connectivity index (χ1n) is 21.4. The number of cyclic esters (lactones) is 1. The Kier molecular flexibility index (Phi) is 23.0. The third-order valence-electron chi connectivity index (χ3n) is 10.6. The molecule has 0 bridgehead atoms. The van der Waals surface area contributed by atoms with Crippen LogP contribution in [0.1, 0.15) is 155 Å². The van der Waals surface area contributed by atoms with Crippen LogP contribution < -0.4 is 10.6 Å². The monoisotopic (exact) mass is 774 g/mol. The van der Waals surface area contributed by atoms with E-state index in [0.29, 0.717) is 13.0 Å². The van der Waals surface area contributed by atoms with Crippen LogP contribution in [0.5, 0.6) is 0 Å². The zero-order valence-electron chi connectivity index (χ0n) is 34.0. The number of nitrogens with zero attached hydrogens (tertiary/aromatic N) is 1. The Hall–Kier alpha value is -3.22. The van der Waals surface area contributed by atoms with Crippen LogP contribution in [-0.4, -0.2) is 90.3 Å². The van der Waals surface area contributed by atoms with Crippen molar-refractivity contribution in [3.05, 3.63) is 35.9 Å². The minimum atomic E-state index is -1.25. The second-order valence-electron chi connectivity index (χ2n) is 15.3. The van der Waals surface area contributed by atoms with Crippen LogP contribution in [0.25, 0.3) is 0 Å². The van der Waals surface area contributed by atoms with Crippen LogP contribution in [0.2, 0.25) is 0 Å². The van der Waals surface area contributed by atoms with Crippen LogP contribution in [0.4, 0.5) is 4.79 Å². The highest BCUT2D eigenvalue weighted by Crippen LogP contribution is 2.34. The number of aliphatic hydroxyl groups is 1. The Bertz CT molecular complexity index is 1240. The lowest BCUT2D eigenvalue weighted by atomic mass is 9.93. The van der Waals surface area contributed by atoms with Crippen molar-refractivity contribution in [3.63, 3.8) is 0 Å². The molecule has 3 amide bonds. The Morgan fingerprint density at radius 2 is 1.36 bits per heavy atom. The second kappa shape index (κ2) is 27.4. The molecule has 0 aromatic heterocycles. The molecule has 2 heterocycles. The van der Waals surface area contributed by atoms with E-state index in [4.69, 9.17) is 18.9 Å². The largest absolute Gasteiger partial charge is 0.455 e. The second-order valence-corrected chi connectivity index (χ2v) is 15.3. The number of unbranched alkanes of at least 4 members (excludes halogenated alkanes) is 17. The summed E-state index contributed by atoms with van der Waals surface area (Å²) in [5, 5.41) is 17.2. The summed E-state index contributed by atoms with van der Waals surface area (Å²) in [7, 11) is 0. The van der Waals surface area contributed by atoms with E-state index in [1.54, 1.807) is 0 Å². The van der Waals surface area contributed by atoms with Gasteiger partial charge in [0.25, 0.3) is 0 Å². The Morgan fingerprint density at radius 1 is 0.800 bits per heavy atom. The maximum atomic E-state index is 13.6. The lowest BCUT2D eigenvalue weighted by Crippen LogP contribution is -2.68. The first kappa shape index (κ1) is 46.2. The van der Waals surface area contributed by atoms with Crippen LogP contribution in [0.3, 0.4) is 0 Å². The third-order valence-corrected chi connectivity index (χ3v) is 10.6. The number of hydrogen-bond acceptors (Lipinski definition) is 9. The average molecular weight is 774 g/mol. The number of fused-ring (bicyclic) bond motifs is 1. The molecule has 1 aromatic rings. The van der Waals surface area contributed by atoms with E-state index in [2.05, 4.69) is 24.5 Å². The molecule has 3 unspecified atom stereocenters.